The first-order chi connectivity index (χ1) is 13.3. The first-order valence-electron chi connectivity index (χ1n) is 9.84. The van der Waals surface area contributed by atoms with Gasteiger partial charge in [0.2, 0.25) is 5.88 Å². The molecule has 1 saturated heterocycles. The molecular weight excluding hydrogens is 342 g/mol. The molecule has 0 atom stereocenters. The first kappa shape index (κ1) is 16.7. The topological polar surface area (TPSA) is 73.4 Å². The zero-order chi connectivity index (χ0) is 18.2. The van der Waals surface area contributed by atoms with Crippen molar-refractivity contribution in [1.29, 1.82) is 0 Å². The van der Waals surface area contributed by atoms with Crippen molar-refractivity contribution >= 4 is 5.65 Å². The van der Waals surface area contributed by atoms with Gasteiger partial charge in [-0.1, -0.05) is 0 Å². The number of nitrogens with zero attached hydrogens (tertiary/aromatic N) is 7. The van der Waals surface area contributed by atoms with Crippen LogP contribution in [0.2, 0.25) is 0 Å². The second-order valence-electron chi connectivity index (χ2n) is 7.55. The number of hydrogen-bond acceptors (Lipinski definition) is 6. The number of aromatic nitrogens is 6. The lowest BCUT2D eigenvalue weighted by atomic mass is 9.95. The number of fused-ring (bicyclic) bond motifs is 2. The van der Waals surface area contributed by atoms with E-state index in [9.17, 15) is 0 Å². The lowest BCUT2D eigenvalue weighted by molar-refractivity contribution is 0.200. The Hall–Kier alpha value is -2.48. The predicted molar refractivity (Wildman–Crippen MR) is 99.8 cm³/mol. The van der Waals surface area contributed by atoms with E-state index in [0.29, 0.717) is 11.8 Å². The molecule has 0 bridgehead atoms. The highest BCUT2D eigenvalue weighted by molar-refractivity contribution is 5.38. The van der Waals surface area contributed by atoms with Crippen molar-refractivity contribution in [3.8, 4) is 5.88 Å². The number of hydrogen-bond donors (Lipinski definition) is 0. The summed E-state index contributed by atoms with van der Waals surface area (Å²) in [6, 6.07) is 3.73. The van der Waals surface area contributed by atoms with E-state index >= 15 is 0 Å². The molecule has 0 radical (unpaired) electrons. The molecule has 27 heavy (non-hydrogen) atoms. The summed E-state index contributed by atoms with van der Waals surface area (Å²) in [6.45, 7) is 4.21. The SMILES string of the molecule is COc1ccc2nnc(C3CCN(Cc4cnn5c4CCCC5)CC3)n2n1. The molecule has 0 aliphatic carbocycles. The average molecular weight is 367 g/mol. The molecule has 0 N–H and O–H groups in total. The van der Waals surface area contributed by atoms with Gasteiger partial charge in [0, 0.05) is 36.3 Å². The van der Waals surface area contributed by atoms with E-state index < -0.39 is 0 Å². The number of piperidine rings is 1. The largest absolute Gasteiger partial charge is 0.480 e. The van der Waals surface area contributed by atoms with Crippen LogP contribution in [-0.2, 0) is 19.5 Å². The first-order valence-corrected chi connectivity index (χ1v) is 9.84. The Balaban J connectivity index is 1.27. The van der Waals surface area contributed by atoms with Gasteiger partial charge in [-0.15, -0.1) is 15.3 Å². The van der Waals surface area contributed by atoms with Gasteiger partial charge in [-0.2, -0.15) is 9.61 Å². The highest BCUT2D eigenvalue weighted by Crippen LogP contribution is 2.29. The van der Waals surface area contributed by atoms with E-state index in [1.807, 2.05) is 16.6 Å². The van der Waals surface area contributed by atoms with Gasteiger partial charge in [-0.25, -0.2) is 0 Å². The molecule has 0 saturated carbocycles. The van der Waals surface area contributed by atoms with E-state index in [0.717, 1.165) is 50.5 Å². The van der Waals surface area contributed by atoms with Crippen LogP contribution in [0.1, 0.15) is 48.7 Å². The third-order valence-electron chi connectivity index (χ3n) is 5.89. The van der Waals surface area contributed by atoms with Crippen LogP contribution in [0.25, 0.3) is 5.65 Å². The molecule has 142 valence electrons. The van der Waals surface area contributed by atoms with E-state index in [1.54, 1.807) is 7.11 Å². The number of rotatable bonds is 4. The van der Waals surface area contributed by atoms with Crippen LogP contribution >= 0.6 is 0 Å². The smallest absolute Gasteiger partial charge is 0.231 e. The van der Waals surface area contributed by atoms with E-state index in [4.69, 9.17) is 4.74 Å². The second-order valence-corrected chi connectivity index (χ2v) is 7.55. The van der Waals surface area contributed by atoms with Gasteiger partial charge >= 0.3 is 0 Å². The molecule has 0 unspecified atom stereocenters. The van der Waals surface area contributed by atoms with E-state index in [2.05, 4.69) is 36.2 Å². The van der Waals surface area contributed by atoms with Crippen molar-refractivity contribution in [2.75, 3.05) is 20.2 Å². The van der Waals surface area contributed by atoms with Crippen LogP contribution in [0.3, 0.4) is 0 Å². The summed E-state index contributed by atoms with van der Waals surface area (Å²) in [6.07, 6.45) is 7.94. The minimum atomic E-state index is 0.386. The van der Waals surface area contributed by atoms with Gasteiger partial charge in [0.25, 0.3) is 0 Å². The van der Waals surface area contributed by atoms with Gasteiger partial charge < -0.3 is 4.74 Å². The van der Waals surface area contributed by atoms with Gasteiger partial charge in [-0.3, -0.25) is 9.58 Å². The summed E-state index contributed by atoms with van der Waals surface area (Å²) in [4.78, 5) is 2.54. The van der Waals surface area contributed by atoms with Crippen LogP contribution in [0.15, 0.2) is 18.3 Å². The summed E-state index contributed by atoms with van der Waals surface area (Å²) in [7, 11) is 1.63. The molecule has 0 aromatic carbocycles. The predicted octanol–water partition coefficient (Wildman–Crippen LogP) is 2.05. The molecule has 8 nitrogen and oxygen atoms in total. The number of aryl methyl sites for hydroxylation is 1. The van der Waals surface area contributed by atoms with Crippen LogP contribution in [0, 0.1) is 0 Å². The summed E-state index contributed by atoms with van der Waals surface area (Å²) >= 11 is 0. The summed E-state index contributed by atoms with van der Waals surface area (Å²) in [5.74, 6) is 1.93. The highest BCUT2D eigenvalue weighted by Gasteiger charge is 2.26. The molecule has 3 aromatic heterocycles. The molecule has 1 fully saturated rings. The Kier molecular flexibility index (Phi) is 4.27. The van der Waals surface area contributed by atoms with Crippen LogP contribution in [0.4, 0.5) is 0 Å². The fourth-order valence-electron chi connectivity index (χ4n) is 4.36. The maximum absolute atomic E-state index is 5.25. The molecular formula is C19H25N7O. The Bertz CT molecular complexity index is 939. The van der Waals surface area contributed by atoms with Crippen molar-refractivity contribution in [2.24, 2.45) is 0 Å². The lowest BCUT2D eigenvalue weighted by Gasteiger charge is -2.31. The molecule has 2 aliphatic rings. The Labute approximate surface area is 158 Å². The van der Waals surface area contributed by atoms with Crippen LogP contribution in [-0.4, -0.2) is 54.7 Å². The van der Waals surface area contributed by atoms with Gasteiger partial charge in [0.15, 0.2) is 11.5 Å². The number of methoxy groups -OCH3 is 1. The molecule has 0 spiro atoms. The molecule has 5 heterocycles. The molecule has 0 amide bonds. The summed E-state index contributed by atoms with van der Waals surface area (Å²) in [5.41, 5.74) is 3.63. The quantitative estimate of drug-likeness (QED) is 0.703. The van der Waals surface area contributed by atoms with Gasteiger partial charge in [0.1, 0.15) is 0 Å². The summed E-state index contributed by atoms with van der Waals surface area (Å²) in [5, 5.41) is 17.8. The fraction of sp³-hybridized carbons (Fsp3) is 0.579. The molecule has 8 heteroatoms. The van der Waals surface area contributed by atoms with Crippen molar-refractivity contribution in [1.82, 2.24) is 34.5 Å². The Morgan fingerprint density at radius 3 is 2.85 bits per heavy atom. The minimum Gasteiger partial charge on any atom is -0.480 e. The molecule has 3 aromatic rings. The lowest BCUT2D eigenvalue weighted by Crippen LogP contribution is -2.33. The zero-order valence-electron chi connectivity index (χ0n) is 15.7. The molecule has 2 aliphatic heterocycles. The standard InChI is InChI=1S/C19H25N7O/c1-27-18-6-5-17-21-22-19(26(17)23-18)14-7-10-24(11-8-14)13-15-12-20-25-9-3-2-4-16(15)25/h5-6,12,14H,2-4,7-11,13H2,1H3. The maximum Gasteiger partial charge on any atom is 0.231 e. The van der Waals surface area contributed by atoms with Gasteiger partial charge in [-0.05, 0) is 51.3 Å². The van der Waals surface area contributed by atoms with Crippen molar-refractivity contribution in [2.45, 2.75) is 51.1 Å². The maximum atomic E-state index is 5.25. The second kappa shape index (κ2) is 6.92. The molecule has 5 rings (SSSR count). The normalized spacial score (nSPS) is 18.7. The van der Waals surface area contributed by atoms with Crippen LogP contribution in [0.5, 0.6) is 5.88 Å². The minimum absolute atomic E-state index is 0.386. The Morgan fingerprint density at radius 1 is 1.11 bits per heavy atom. The van der Waals surface area contributed by atoms with Crippen molar-refractivity contribution < 1.29 is 4.74 Å². The van der Waals surface area contributed by atoms with Crippen molar-refractivity contribution in [3.63, 3.8) is 0 Å². The number of likely N-dealkylation sites (tertiary alicyclic amines) is 1. The average Bonchev–Trinajstić information content (AvgIpc) is 3.32. The summed E-state index contributed by atoms with van der Waals surface area (Å²) < 4.78 is 9.29. The van der Waals surface area contributed by atoms with Crippen LogP contribution < -0.4 is 4.74 Å². The third-order valence-corrected chi connectivity index (χ3v) is 5.89. The zero-order valence-corrected chi connectivity index (χ0v) is 15.7. The highest BCUT2D eigenvalue weighted by atomic mass is 16.5. The van der Waals surface area contributed by atoms with Gasteiger partial charge in [0.05, 0.1) is 13.3 Å². The Morgan fingerprint density at radius 2 is 2.00 bits per heavy atom. The van der Waals surface area contributed by atoms with E-state index in [-0.39, 0.29) is 0 Å². The third kappa shape index (κ3) is 3.07. The van der Waals surface area contributed by atoms with E-state index in [1.165, 1.54) is 30.5 Å². The number of ether oxygens (including phenoxy) is 1. The monoisotopic (exact) mass is 367 g/mol. The fourth-order valence-corrected chi connectivity index (χ4v) is 4.36. The van der Waals surface area contributed by atoms with Crippen molar-refractivity contribution in [3.05, 3.63) is 35.4 Å².